The Morgan fingerprint density at radius 3 is 2.50 bits per heavy atom. The first-order valence-corrected chi connectivity index (χ1v) is 6.99. The lowest BCUT2D eigenvalue weighted by Crippen LogP contribution is -2.50. The van der Waals surface area contributed by atoms with Gasteiger partial charge in [-0.3, -0.25) is 9.69 Å². The molecular formula is C15H22N2O3. The standard InChI is InChI=1S/C15H22N2O3/c1-13(18)17-9-7-16(8-10-17)11-14(19)12-20-15-5-3-2-4-6-15/h2-6,14,19H,7-12H2,1H3. The van der Waals surface area contributed by atoms with Gasteiger partial charge in [0.05, 0.1) is 0 Å². The predicted molar refractivity (Wildman–Crippen MR) is 76.6 cm³/mol. The molecule has 1 N–H and O–H groups in total. The molecule has 1 aromatic carbocycles. The summed E-state index contributed by atoms with van der Waals surface area (Å²) in [5.41, 5.74) is 0. The van der Waals surface area contributed by atoms with E-state index in [2.05, 4.69) is 4.90 Å². The molecule has 1 atom stereocenters. The van der Waals surface area contributed by atoms with Gasteiger partial charge in [-0.05, 0) is 12.1 Å². The molecule has 5 heteroatoms. The third kappa shape index (κ3) is 4.51. The molecule has 0 aliphatic carbocycles. The number of benzene rings is 1. The lowest BCUT2D eigenvalue weighted by atomic mass is 10.2. The normalized spacial score (nSPS) is 17.8. The lowest BCUT2D eigenvalue weighted by molar-refractivity contribution is -0.130. The van der Waals surface area contributed by atoms with Crippen LogP contribution in [-0.4, -0.2) is 66.2 Å². The maximum Gasteiger partial charge on any atom is 0.219 e. The first-order chi connectivity index (χ1) is 9.65. The van der Waals surface area contributed by atoms with Gasteiger partial charge in [-0.2, -0.15) is 0 Å². The van der Waals surface area contributed by atoms with Crippen molar-refractivity contribution in [3.63, 3.8) is 0 Å². The highest BCUT2D eigenvalue weighted by atomic mass is 16.5. The number of carbonyl (C=O) groups is 1. The molecule has 1 heterocycles. The van der Waals surface area contributed by atoms with E-state index in [0.29, 0.717) is 6.54 Å². The monoisotopic (exact) mass is 278 g/mol. The Labute approximate surface area is 119 Å². The summed E-state index contributed by atoms with van der Waals surface area (Å²) >= 11 is 0. The van der Waals surface area contributed by atoms with Crippen LogP contribution in [0.15, 0.2) is 30.3 Å². The van der Waals surface area contributed by atoms with Crippen LogP contribution in [0.5, 0.6) is 5.75 Å². The fraction of sp³-hybridized carbons (Fsp3) is 0.533. The predicted octanol–water partition coefficient (Wildman–Crippen LogP) is 0.590. The number of ether oxygens (including phenoxy) is 1. The maximum absolute atomic E-state index is 11.2. The van der Waals surface area contributed by atoms with Crippen molar-refractivity contribution in [2.75, 3.05) is 39.3 Å². The number of amides is 1. The smallest absolute Gasteiger partial charge is 0.219 e. The van der Waals surface area contributed by atoms with Crippen molar-refractivity contribution in [2.45, 2.75) is 13.0 Å². The van der Waals surface area contributed by atoms with Crippen LogP contribution in [0.25, 0.3) is 0 Å². The molecule has 0 spiro atoms. The van der Waals surface area contributed by atoms with E-state index < -0.39 is 6.10 Å². The first-order valence-electron chi connectivity index (χ1n) is 6.99. The fourth-order valence-corrected chi connectivity index (χ4v) is 2.31. The van der Waals surface area contributed by atoms with E-state index in [1.165, 1.54) is 0 Å². The number of hydrogen-bond donors (Lipinski definition) is 1. The number of nitrogens with zero attached hydrogens (tertiary/aromatic N) is 2. The molecule has 110 valence electrons. The van der Waals surface area contributed by atoms with Gasteiger partial charge in [0.1, 0.15) is 18.5 Å². The zero-order chi connectivity index (χ0) is 14.4. The quantitative estimate of drug-likeness (QED) is 0.856. The van der Waals surface area contributed by atoms with Crippen LogP contribution in [0.4, 0.5) is 0 Å². The van der Waals surface area contributed by atoms with Crippen molar-refractivity contribution in [3.8, 4) is 5.75 Å². The maximum atomic E-state index is 11.2. The van der Waals surface area contributed by atoms with E-state index in [0.717, 1.165) is 31.9 Å². The van der Waals surface area contributed by atoms with Crippen LogP contribution in [0.2, 0.25) is 0 Å². The number of rotatable bonds is 5. The molecule has 5 nitrogen and oxygen atoms in total. The molecule has 1 aliphatic rings. The van der Waals surface area contributed by atoms with Crippen LogP contribution in [0.3, 0.4) is 0 Å². The number of piperazine rings is 1. The minimum absolute atomic E-state index is 0.123. The number of aliphatic hydroxyl groups is 1. The Morgan fingerprint density at radius 2 is 1.90 bits per heavy atom. The summed E-state index contributed by atoms with van der Waals surface area (Å²) in [7, 11) is 0. The van der Waals surface area contributed by atoms with E-state index in [4.69, 9.17) is 4.74 Å². The van der Waals surface area contributed by atoms with E-state index >= 15 is 0 Å². The van der Waals surface area contributed by atoms with Gasteiger partial charge >= 0.3 is 0 Å². The third-order valence-electron chi connectivity index (χ3n) is 3.47. The van der Waals surface area contributed by atoms with Gasteiger partial charge in [-0.1, -0.05) is 18.2 Å². The van der Waals surface area contributed by atoms with Gasteiger partial charge < -0.3 is 14.7 Å². The molecule has 2 rings (SSSR count). The molecule has 1 amide bonds. The number of β-amino-alcohol motifs (C(OH)–C–C–N with tert-alkyl or cyclic N) is 1. The van der Waals surface area contributed by atoms with E-state index in [1.54, 1.807) is 6.92 Å². The largest absolute Gasteiger partial charge is 0.491 e. The summed E-state index contributed by atoms with van der Waals surface area (Å²) in [6.07, 6.45) is -0.515. The lowest BCUT2D eigenvalue weighted by Gasteiger charge is -2.35. The SMILES string of the molecule is CC(=O)N1CCN(CC(O)COc2ccccc2)CC1. The average Bonchev–Trinajstić information content (AvgIpc) is 2.47. The highest BCUT2D eigenvalue weighted by Crippen LogP contribution is 2.09. The zero-order valence-electron chi connectivity index (χ0n) is 11.9. The molecular weight excluding hydrogens is 256 g/mol. The Morgan fingerprint density at radius 1 is 1.25 bits per heavy atom. The molecule has 0 aromatic heterocycles. The second kappa shape index (κ2) is 7.26. The summed E-state index contributed by atoms with van der Waals surface area (Å²) in [4.78, 5) is 15.2. The summed E-state index contributed by atoms with van der Waals surface area (Å²) < 4.78 is 5.53. The Bertz CT molecular complexity index is 416. The van der Waals surface area contributed by atoms with Crippen molar-refractivity contribution in [1.29, 1.82) is 0 Å². The van der Waals surface area contributed by atoms with Crippen LogP contribution in [-0.2, 0) is 4.79 Å². The van der Waals surface area contributed by atoms with Crippen LogP contribution in [0, 0.1) is 0 Å². The minimum Gasteiger partial charge on any atom is -0.491 e. The molecule has 1 unspecified atom stereocenters. The minimum atomic E-state index is -0.515. The van der Waals surface area contributed by atoms with Gasteiger partial charge in [0.25, 0.3) is 0 Å². The average molecular weight is 278 g/mol. The number of para-hydroxylation sites is 1. The third-order valence-corrected chi connectivity index (χ3v) is 3.47. The molecule has 0 radical (unpaired) electrons. The van der Waals surface area contributed by atoms with Crippen LogP contribution in [0.1, 0.15) is 6.92 Å². The fourth-order valence-electron chi connectivity index (χ4n) is 2.31. The molecule has 1 fully saturated rings. The van der Waals surface area contributed by atoms with Gasteiger partial charge in [-0.15, -0.1) is 0 Å². The highest BCUT2D eigenvalue weighted by molar-refractivity contribution is 5.73. The second-order valence-electron chi connectivity index (χ2n) is 5.08. The van der Waals surface area contributed by atoms with Crippen molar-refractivity contribution in [3.05, 3.63) is 30.3 Å². The highest BCUT2D eigenvalue weighted by Gasteiger charge is 2.20. The molecule has 20 heavy (non-hydrogen) atoms. The van der Waals surface area contributed by atoms with E-state index in [-0.39, 0.29) is 12.5 Å². The topological polar surface area (TPSA) is 53.0 Å². The van der Waals surface area contributed by atoms with Crippen molar-refractivity contribution in [2.24, 2.45) is 0 Å². The first kappa shape index (κ1) is 14.8. The molecule has 1 aromatic rings. The summed E-state index contributed by atoms with van der Waals surface area (Å²) in [5, 5.41) is 9.99. The number of carbonyl (C=O) groups excluding carboxylic acids is 1. The summed E-state index contributed by atoms with van der Waals surface area (Å²) in [6.45, 7) is 5.56. The van der Waals surface area contributed by atoms with Gasteiger partial charge in [-0.25, -0.2) is 0 Å². The van der Waals surface area contributed by atoms with Crippen molar-refractivity contribution in [1.82, 2.24) is 9.80 Å². The Balaban J connectivity index is 1.68. The van der Waals surface area contributed by atoms with Crippen LogP contribution < -0.4 is 4.74 Å². The van der Waals surface area contributed by atoms with E-state index in [1.807, 2.05) is 35.2 Å². The van der Waals surface area contributed by atoms with Crippen LogP contribution >= 0.6 is 0 Å². The molecule has 0 bridgehead atoms. The summed E-state index contributed by atoms with van der Waals surface area (Å²) in [6, 6.07) is 9.49. The summed E-state index contributed by atoms with van der Waals surface area (Å²) in [5.74, 6) is 0.894. The number of hydrogen-bond acceptors (Lipinski definition) is 4. The van der Waals surface area contributed by atoms with E-state index in [9.17, 15) is 9.90 Å². The number of aliphatic hydroxyl groups excluding tert-OH is 1. The Hall–Kier alpha value is -1.59. The van der Waals surface area contributed by atoms with Crippen molar-refractivity contribution < 1.29 is 14.6 Å². The van der Waals surface area contributed by atoms with Gasteiger partial charge in [0.15, 0.2) is 0 Å². The molecule has 0 saturated carbocycles. The molecule has 1 aliphatic heterocycles. The van der Waals surface area contributed by atoms with Gasteiger partial charge in [0, 0.05) is 39.6 Å². The van der Waals surface area contributed by atoms with Gasteiger partial charge in [0.2, 0.25) is 5.91 Å². The molecule has 1 saturated heterocycles. The zero-order valence-corrected chi connectivity index (χ0v) is 11.9. The van der Waals surface area contributed by atoms with Crippen molar-refractivity contribution >= 4 is 5.91 Å². The Kier molecular flexibility index (Phi) is 5.38. The second-order valence-corrected chi connectivity index (χ2v) is 5.08.